The van der Waals surface area contributed by atoms with Crippen molar-refractivity contribution >= 4 is 11.3 Å². The lowest BCUT2D eigenvalue weighted by molar-refractivity contribution is 0.396. The number of thiazole rings is 1. The Hall–Kier alpha value is -1.26. The molecule has 0 aliphatic carbocycles. The molecule has 0 amide bonds. The van der Waals surface area contributed by atoms with Crippen molar-refractivity contribution in [2.45, 2.75) is 32.9 Å². The smallest absolute Gasteiger partial charge is 0.112 e. The minimum atomic E-state index is -0.112. The van der Waals surface area contributed by atoms with E-state index in [1.807, 2.05) is 36.7 Å². The fourth-order valence-electron chi connectivity index (χ4n) is 1.62. The fourth-order valence-corrected chi connectivity index (χ4v) is 2.36. The summed E-state index contributed by atoms with van der Waals surface area (Å²) in [5.41, 5.74) is 2.01. The first-order valence-corrected chi connectivity index (χ1v) is 6.53. The summed E-state index contributed by atoms with van der Waals surface area (Å²) in [5, 5.41) is 6.60. The van der Waals surface area contributed by atoms with Gasteiger partial charge in [0.25, 0.3) is 0 Å². The number of hydrogen-bond acceptors (Lipinski definition) is 4. The van der Waals surface area contributed by atoms with Crippen molar-refractivity contribution in [3.05, 3.63) is 46.2 Å². The lowest BCUT2D eigenvalue weighted by Crippen LogP contribution is -2.36. The topological polar surface area (TPSA) is 37.8 Å². The first-order valence-electron chi connectivity index (χ1n) is 5.65. The number of aromatic nitrogens is 2. The van der Waals surface area contributed by atoms with Gasteiger partial charge in [-0.3, -0.25) is 4.98 Å². The standard InChI is InChI=1S/C13H17N3S/c1-10-5-4-6-11(16-10)9-15-13(2,3)12-14-7-8-17-12/h4-8,15H,9H2,1-3H3. The lowest BCUT2D eigenvalue weighted by atomic mass is 10.1. The molecule has 0 fully saturated rings. The van der Waals surface area contributed by atoms with E-state index < -0.39 is 0 Å². The van der Waals surface area contributed by atoms with Crippen LogP contribution in [0.2, 0.25) is 0 Å². The van der Waals surface area contributed by atoms with Gasteiger partial charge in [-0.1, -0.05) is 6.07 Å². The maximum Gasteiger partial charge on any atom is 0.112 e. The highest BCUT2D eigenvalue weighted by Crippen LogP contribution is 2.22. The van der Waals surface area contributed by atoms with Crippen molar-refractivity contribution in [1.29, 1.82) is 0 Å². The third-order valence-corrected chi connectivity index (χ3v) is 3.72. The van der Waals surface area contributed by atoms with E-state index in [1.54, 1.807) is 11.3 Å². The Bertz CT molecular complexity index is 477. The Morgan fingerprint density at radius 2 is 2.18 bits per heavy atom. The summed E-state index contributed by atoms with van der Waals surface area (Å²) >= 11 is 1.67. The second-order valence-electron chi connectivity index (χ2n) is 4.59. The van der Waals surface area contributed by atoms with Gasteiger partial charge in [0, 0.05) is 23.8 Å². The number of rotatable bonds is 4. The van der Waals surface area contributed by atoms with E-state index in [9.17, 15) is 0 Å². The first kappa shape index (κ1) is 12.2. The molecular weight excluding hydrogens is 230 g/mol. The number of pyridine rings is 1. The van der Waals surface area contributed by atoms with Gasteiger partial charge in [0.05, 0.1) is 11.2 Å². The zero-order chi connectivity index (χ0) is 12.3. The van der Waals surface area contributed by atoms with Crippen molar-refractivity contribution in [3.63, 3.8) is 0 Å². The van der Waals surface area contributed by atoms with Crippen molar-refractivity contribution < 1.29 is 0 Å². The molecule has 0 radical (unpaired) electrons. The Labute approximate surface area is 106 Å². The van der Waals surface area contributed by atoms with Gasteiger partial charge in [0.15, 0.2) is 0 Å². The van der Waals surface area contributed by atoms with Crippen molar-refractivity contribution in [2.24, 2.45) is 0 Å². The summed E-state index contributed by atoms with van der Waals surface area (Å²) in [6.07, 6.45) is 1.84. The van der Waals surface area contributed by atoms with Crippen LogP contribution in [0.5, 0.6) is 0 Å². The molecule has 0 saturated carbocycles. The maximum atomic E-state index is 4.48. The third-order valence-electron chi connectivity index (χ3n) is 2.62. The summed E-state index contributed by atoms with van der Waals surface area (Å²) in [4.78, 5) is 8.83. The van der Waals surface area contributed by atoms with E-state index in [0.717, 1.165) is 22.9 Å². The first-order chi connectivity index (χ1) is 8.08. The van der Waals surface area contributed by atoms with E-state index >= 15 is 0 Å². The number of aryl methyl sites for hydroxylation is 1. The Morgan fingerprint density at radius 1 is 1.35 bits per heavy atom. The largest absolute Gasteiger partial charge is 0.300 e. The van der Waals surface area contributed by atoms with Crippen LogP contribution in [0.4, 0.5) is 0 Å². The van der Waals surface area contributed by atoms with Crippen LogP contribution in [0.3, 0.4) is 0 Å². The van der Waals surface area contributed by atoms with Gasteiger partial charge >= 0.3 is 0 Å². The molecule has 4 heteroatoms. The normalized spacial score (nSPS) is 11.7. The van der Waals surface area contributed by atoms with Gasteiger partial charge in [-0.2, -0.15) is 0 Å². The van der Waals surface area contributed by atoms with Gasteiger partial charge in [0.2, 0.25) is 0 Å². The van der Waals surface area contributed by atoms with Crippen LogP contribution in [-0.2, 0) is 12.1 Å². The fraction of sp³-hybridized carbons (Fsp3) is 0.385. The van der Waals surface area contributed by atoms with Crippen molar-refractivity contribution in [3.8, 4) is 0 Å². The lowest BCUT2D eigenvalue weighted by Gasteiger charge is -2.23. The highest BCUT2D eigenvalue weighted by Gasteiger charge is 2.22. The monoisotopic (exact) mass is 247 g/mol. The summed E-state index contributed by atoms with van der Waals surface area (Å²) in [6, 6.07) is 6.09. The van der Waals surface area contributed by atoms with Gasteiger partial charge in [-0.15, -0.1) is 11.3 Å². The molecule has 1 N–H and O–H groups in total. The molecule has 0 aliphatic rings. The molecular formula is C13H17N3S. The summed E-state index contributed by atoms with van der Waals surface area (Å²) in [5.74, 6) is 0. The van der Waals surface area contributed by atoms with E-state index in [2.05, 4.69) is 29.1 Å². The van der Waals surface area contributed by atoms with Gasteiger partial charge in [-0.25, -0.2) is 4.98 Å². The van der Waals surface area contributed by atoms with Crippen LogP contribution in [-0.4, -0.2) is 9.97 Å². The minimum Gasteiger partial charge on any atom is -0.300 e. The molecule has 17 heavy (non-hydrogen) atoms. The Balaban J connectivity index is 2.03. The minimum absolute atomic E-state index is 0.112. The SMILES string of the molecule is Cc1cccc(CNC(C)(C)c2nccs2)n1. The van der Waals surface area contributed by atoms with Crippen LogP contribution in [0.15, 0.2) is 29.8 Å². The number of nitrogens with one attached hydrogen (secondary N) is 1. The molecule has 0 aliphatic heterocycles. The van der Waals surface area contributed by atoms with E-state index in [4.69, 9.17) is 0 Å². The maximum absolute atomic E-state index is 4.48. The van der Waals surface area contributed by atoms with Crippen LogP contribution >= 0.6 is 11.3 Å². The Morgan fingerprint density at radius 3 is 2.82 bits per heavy atom. The van der Waals surface area contributed by atoms with E-state index in [-0.39, 0.29) is 5.54 Å². The predicted molar refractivity (Wildman–Crippen MR) is 71.0 cm³/mol. The van der Waals surface area contributed by atoms with Crippen LogP contribution in [0.25, 0.3) is 0 Å². The molecule has 0 atom stereocenters. The zero-order valence-corrected chi connectivity index (χ0v) is 11.2. The highest BCUT2D eigenvalue weighted by atomic mass is 32.1. The molecule has 3 nitrogen and oxygen atoms in total. The number of hydrogen-bond donors (Lipinski definition) is 1. The second kappa shape index (κ2) is 4.94. The van der Waals surface area contributed by atoms with Crippen LogP contribution in [0.1, 0.15) is 30.2 Å². The number of nitrogens with zero attached hydrogens (tertiary/aromatic N) is 2. The molecule has 2 rings (SSSR count). The molecule has 0 spiro atoms. The van der Waals surface area contributed by atoms with Crippen molar-refractivity contribution in [1.82, 2.24) is 15.3 Å². The molecule has 0 bridgehead atoms. The van der Waals surface area contributed by atoms with Crippen LogP contribution in [0, 0.1) is 6.92 Å². The van der Waals surface area contributed by atoms with Crippen LogP contribution < -0.4 is 5.32 Å². The highest BCUT2D eigenvalue weighted by molar-refractivity contribution is 7.09. The summed E-state index contributed by atoms with van der Waals surface area (Å²) < 4.78 is 0. The van der Waals surface area contributed by atoms with E-state index in [0.29, 0.717) is 0 Å². The molecule has 2 heterocycles. The molecule has 90 valence electrons. The molecule has 0 saturated heterocycles. The van der Waals surface area contributed by atoms with Gasteiger partial charge in [0.1, 0.15) is 5.01 Å². The molecule has 0 unspecified atom stereocenters. The third kappa shape index (κ3) is 3.11. The van der Waals surface area contributed by atoms with E-state index in [1.165, 1.54) is 0 Å². The molecule has 2 aromatic rings. The van der Waals surface area contributed by atoms with Gasteiger partial charge in [-0.05, 0) is 32.9 Å². The Kier molecular flexibility index (Phi) is 3.54. The van der Waals surface area contributed by atoms with Crippen molar-refractivity contribution in [2.75, 3.05) is 0 Å². The zero-order valence-electron chi connectivity index (χ0n) is 10.4. The quantitative estimate of drug-likeness (QED) is 0.902. The average molecular weight is 247 g/mol. The van der Waals surface area contributed by atoms with Gasteiger partial charge < -0.3 is 5.32 Å². The molecule has 0 aromatic carbocycles. The summed E-state index contributed by atoms with van der Waals surface area (Å²) in [7, 11) is 0. The summed E-state index contributed by atoms with van der Waals surface area (Å²) in [6.45, 7) is 7.05. The molecule has 2 aromatic heterocycles. The predicted octanol–water partition coefficient (Wildman–Crippen LogP) is 2.87. The second-order valence-corrected chi connectivity index (χ2v) is 5.48. The average Bonchev–Trinajstić information content (AvgIpc) is 2.81.